The molecule has 0 unspecified atom stereocenters. The van der Waals surface area contributed by atoms with E-state index in [4.69, 9.17) is 0 Å². The van der Waals surface area contributed by atoms with Gasteiger partial charge in [-0.25, -0.2) is 0 Å². The Balaban J connectivity index is 4.35. The van der Waals surface area contributed by atoms with E-state index in [9.17, 15) is 0 Å². The average molecular weight is 172 g/mol. The monoisotopic (exact) mass is 172 g/mol. The average Bonchev–Trinajstić information content (AvgIpc) is 1.54. The molecule has 0 atom stereocenters. The van der Waals surface area contributed by atoms with Crippen LogP contribution in [-0.2, 0) is 0 Å². The first kappa shape index (κ1) is 11.2. The molecule has 0 amide bonds. The van der Waals surface area contributed by atoms with Crippen molar-refractivity contribution in [2.24, 2.45) is 17.8 Å². The highest BCUT2D eigenvalue weighted by Gasteiger charge is 2.29. The van der Waals surface area contributed by atoms with Gasteiger partial charge in [0.05, 0.1) is 0 Å². The molecule has 0 aliphatic heterocycles. The summed E-state index contributed by atoms with van der Waals surface area (Å²) in [7, 11) is 1.31. The molecule has 0 rings (SSSR count). The summed E-state index contributed by atoms with van der Waals surface area (Å²) in [6.45, 7) is 14.2. The van der Waals surface area contributed by atoms with Gasteiger partial charge in [0.1, 0.15) is 0 Å². The minimum absolute atomic E-state index is 0.600. The topological polar surface area (TPSA) is 0 Å². The fraction of sp³-hybridized carbons (Fsp3) is 1.00. The Labute approximate surface area is 75.2 Å². The second kappa shape index (κ2) is 3.75. The van der Waals surface area contributed by atoms with Crippen molar-refractivity contribution in [1.82, 2.24) is 0 Å². The third-order valence-electron chi connectivity index (χ3n) is 2.44. The van der Waals surface area contributed by atoms with Gasteiger partial charge in [0, 0.05) is 10.2 Å². The van der Waals surface area contributed by atoms with Gasteiger partial charge in [-0.15, -0.1) is 0 Å². The largest absolute Gasteiger partial charge is 0.0629 e. The van der Waals surface area contributed by atoms with E-state index in [0.717, 1.165) is 17.8 Å². The molecule has 68 valence electrons. The molecule has 0 heterocycles. The zero-order valence-corrected chi connectivity index (χ0v) is 11.2. The lowest BCUT2D eigenvalue weighted by Gasteiger charge is -2.37. The van der Waals surface area contributed by atoms with E-state index in [2.05, 4.69) is 41.5 Å². The van der Waals surface area contributed by atoms with Crippen molar-refractivity contribution in [1.29, 1.82) is 0 Å². The summed E-state index contributed by atoms with van der Waals surface area (Å²) in [5.74, 6) is 2.57. The van der Waals surface area contributed by atoms with E-state index >= 15 is 0 Å². The molecule has 0 aromatic heterocycles. The highest BCUT2D eigenvalue weighted by molar-refractivity contribution is 6.14. The molecular formula is C10H24Si. The summed E-state index contributed by atoms with van der Waals surface area (Å²) in [5, 5.41) is 0.600. The van der Waals surface area contributed by atoms with Crippen LogP contribution >= 0.6 is 0 Å². The smallest absolute Gasteiger partial charge is 0.0103 e. The quantitative estimate of drug-likeness (QED) is 0.574. The molecule has 0 nitrogen and oxygen atoms in total. The fourth-order valence-electron chi connectivity index (χ4n) is 2.77. The molecule has 0 aliphatic carbocycles. The summed E-state index contributed by atoms with van der Waals surface area (Å²) < 4.78 is 0. The highest BCUT2D eigenvalue weighted by atomic mass is 28.1. The lowest BCUT2D eigenvalue weighted by atomic mass is 9.77. The maximum atomic E-state index is 2.41. The number of hydrogen-bond acceptors (Lipinski definition) is 0. The molecule has 0 aromatic carbocycles. The molecule has 0 saturated heterocycles. The zero-order chi connectivity index (χ0) is 9.23. The van der Waals surface area contributed by atoms with Gasteiger partial charge in [0.2, 0.25) is 0 Å². The number of rotatable bonds is 3. The minimum atomic E-state index is 0.600. The molecule has 0 N–H and O–H groups in total. The SMILES string of the molecule is CC(C)C(C(C)C)C(C)(C)[SiH3]. The predicted octanol–water partition coefficient (Wildman–Crippen LogP) is 2.48. The molecule has 0 aliphatic rings. The molecule has 0 bridgehead atoms. The van der Waals surface area contributed by atoms with Gasteiger partial charge in [-0.3, -0.25) is 0 Å². The molecule has 0 aromatic rings. The minimum Gasteiger partial charge on any atom is -0.0629 e. The van der Waals surface area contributed by atoms with Crippen LogP contribution in [0.1, 0.15) is 41.5 Å². The lowest BCUT2D eigenvalue weighted by Crippen LogP contribution is -2.27. The van der Waals surface area contributed by atoms with E-state index in [1.165, 1.54) is 10.2 Å². The van der Waals surface area contributed by atoms with Crippen LogP contribution in [0.4, 0.5) is 0 Å². The molecule has 11 heavy (non-hydrogen) atoms. The van der Waals surface area contributed by atoms with Gasteiger partial charge in [-0.2, -0.15) is 0 Å². The molecule has 0 spiro atoms. The van der Waals surface area contributed by atoms with E-state index in [1.54, 1.807) is 0 Å². The third kappa shape index (κ3) is 3.41. The summed E-state index contributed by atoms with van der Waals surface area (Å²) in [6.07, 6.45) is 0. The second-order valence-corrected chi connectivity index (χ2v) is 7.96. The molecular weight excluding hydrogens is 148 g/mol. The second-order valence-electron chi connectivity index (χ2n) is 5.38. The predicted molar refractivity (Wildman–Crippen MR) is 57.1 cm³/mol. The molecule has 0 saturated carbocycles. The van der Waals surface area contributed by atoms with Gasteiger partial charge in [0.15, 0.2) is 0 Å². The summed E-state index contributed by atoms with van der Waals surface area (Å²) in [4.78, 5) is 0. The first-order chi connectivity index (χ1) is 4.76. The maximum Gasteiger partial charge on any atom is 0.0103 e. The Kier molecular flexibility index (Phi) is 3.82. The standard InChI is InChI=1S/C10H24Si/c1-7(2)9(8(3)4)10(5,6)11/h7-9H,1-6,11H3. The molecule has 0 fully saturated rings. The van der Waals surface area contributed by atoms with Crippen molar-refractivity contribution < 1.29 is 0 Å². The van der Waals surface area contributed by atoms with E-state index in [0.29, 0.717) is 5.04 Å². The first-order valence-electron chi connectivity index (χ1n) is 4.76. The highest BCUT2D eigenvalue weighted by Crippen LogP contribution is 2.40. The van der Waals surface area contributed by atoms with Crippen LogP contribution in [0.2, 0.25) is 5.04 Å². The Morgan fingerprint density at radius 3 is 1.18 bits per heavy atom. The summed E-state index contributed by atoms with van der Waals surface area (Å²) in [6, 6.07) is 0. The molecule has 1 heteroatoms. The van der Waals surface area contributed by atoms with Gasteiger partial charge in [-0.05, 0) is 22.8 Å². The van der Waals surface area contributed by atoms with Crippen molar-refractivity contribution in [3.05, 3.63) is 0 Å². The van der Waals surface area contributed by atoms with E-state index in [1.807, 2.05) is 0 Å². The zero-order valence-electron chi connectivity index (χ0n) is 9.23. The van der Waals surface area contributed by atoms with Crippen LogP contribution < -0.4 is 0 Å². The van der Waals surface area contributed by atoms with Crippen LogP contribution in [0.15, 0.2) is 0 Å². The van der Waals surface area contributed by atoms with Crippen molar-refractivity contribution in [2.45, 2.75) is 46.6 Å². The lowest BCUT2D eigenvalue weighted by molar-refractivity contribution is 0.225. The Morgan fingerprint density at radius 1 is 0.909 bits per heavy atom. The van der Waals surface area contributed by atoms with E-state index in [-0.39, 0.29) is 0 Å². The van der Waals surface area contributed by atoms with Crippen LogP contribution in [0.25, 0.3) is 0 Å². The van der Waals surface area contributed by atoms with Crippen molar-refractivity contribution in [3.8, 4) is 0 Å². The summed E-state index contributed by atoms with van der Waals surface area (Å²) >= 11 is 0. The van der Waals surface area contributed by atoms with Crippen LogP contribution in [0.5, 0.6) is 0 Å². The molecule has 0 radical (unpaired) electrons. The van der Waals surface area contributed by atoms with Gasteiger partial charge >= 0.3 is 0 Å². The fourth-order valence-corrected chi connectivity index (χ4v) is 4.10. The Bertz CT molecular complexity index is 101. The normalized spacial score (nSPS) is 13.9. The van der Waals surface area contributed by atoms with Gasteiger partial charge < -0.3 is 0 Å². The third-order valence-corrected chi connectivity index (χ3v) is 3.10. The van der Waals surface area contributed by atoms with E-state index < -0.39 is 0 Å². The number of hydrogen-bond donors (Lipinski definition) is 0. The Morgan fingerprint density at radius 2 is 1.18 bits per heavy atom. The van der Waals surface area contributed by atoms with Gasteiger partial charge in [-0.1, -0.05) is 41.5 Å². The summed E-state index contributed by atoms with van der Waals surface area (Å²) in [5.41, 5.74) is 0. The van der Waals surface area contributed by atoms with Crippen LogP contribution in [0, 0.1) is 17.8 Å². The van der Waals surface area contributed by atoms with Crippen molar-refractivity contribution >= 4 is 10.2 Å². The van der Waals surface area contributed by atoms with Crippen LogP contribution in [-0.4, -0.2) is 10.2 Å². The van der Waals surface area contributed by atoms with Crippen molar-refractivity contribution in [2.75, 3.05) is 0 Å². The Hall–Kier alpha value is 0.217. The van der Waals surface area contributed by atoms with Gasteiger partial charge in [0.25, 0.3) is 0 Å². The first-order valence-corrected chi connectivity index (χ1v) is 5.76. The maximum absolute atomic E-state index is 2.41. The van der Waals surface area contributed by atoms with Crippen LogP contribution in [0.3, 0.4) is 0 Å². The van der Waals surface area contributed by atoms with Crippen molar-refractivity contribution in [3.63, 3.8) is 0 Å².